The highest BCUT2D eigenvalue weighted by molar-refractivity contribution is 5.62. The van der Waals surface area contributed by atoms with Gasteiger partial charge in [0.05, 0.1) is 19.2 Å². The van der Waals surface area contributed by atoms with Crippen molar-refractivity contribution in [3.63, 3.8) is 0 Å². The van der Waals surface area contributed by atoms with E-state index >= 15 is 0 Å². The molecule has 1 aromatic heterocycles. The number of ether oxygens (including phenoxy) is 1. The Bertz CT molecular complexity index is 564. The van der Waals surface area contributed by atoms with E-state index < -0.39 is 0 Å². The molecule has 1 saturated heterocycles. The summed E-state index contributed by atoms with van der Waals surface area (Å²) in [6.45, 7) is 4.77. The Morgan fingerprint density at radius 3 is 2.90 bits per heavy atom. The molecule has 1 N–H and O–H groups in total. The molecule has 0 amide bonds. The first kappa shape index (κ1) is 13.1. The van der Waals surface area contributed by atoms with Crippen molar-refractivity contribution < 1.29 is 9.26 Å². The van der Waals surface area contributed by atoms with Gasteiger partial charge < -0.3 is 14.6 Å². The van der Waals surface area contributed by atoms with Gasteiger partial charge in [0.1, 0.15) is 5.75 Å². The Kier molecular flexibility index (Phi) is 3.94. The predicted molar refractivity (Wildman–Crippen MR) is 74.4 cm³/mol. The average Bonchev–Trinajstić information content (AvgIpc) is 2.96. The van der Waals surface area contributed by atoms with E-state index in [4.69, 9.17) is 9.26 Å². The van der Waals surface area contributed by atoms with Gasteiger partial charge in [0.25, 0.3) is 5.89 Å². The van der Waals surface area contributed by atoms with Crippen molar-refractivity contribution in [2.24, 2.45) is 0 Å². The third-order valence-corrected chi connectivity index (χ3v) is 3.38. The number of para-hydroxylation sites is 1. The van der Waals surface area contributed by atoms with Gasteiger partial charge >= 0.3 is 0 Å². The molecule has 0 spiro atoms. The van der Waals surface area contributed by atoms with Crippen LogP contribution in [0.5, 0.6) is 5.75 Å². The van der Waals surface area contributed by atoms with E-state index in [0.717, 1.165) is 44.0 Å². The van der Waals surface area contributed by atoms with Crippen LogP contribution in [0.25, 0.3) is 11.5 Å². The highest BCUT2D eigenvalue weighted by atomic mass is 16.5. The summed E-state index contributed by atoms with van der Waals surface area (Å²) in [7, 11) is 1.64. The number of hydrogen-bond donors (Lipinski definition) is 1. The van der Waals surface area contributed by atoms with Gasteiger partial charge in [0.15, 0.2) is 5.82 Å². The molecule has 20 heavy (non-hydrogen) atoms. The van der Waals surface area contributed by atoms with Crippen LogP contribution in [0.2, 0.25) is 0 Å². The standard InChI is InChI=1S/C14H18N4O2/c1-19-12-5-3-2-4-11(12)14-16-13(17-20-14)10-18-8-6-15-7-9-18/h2-5,15H,6-10H2,1H3. The van der Waals surface area contributed by atoms with Gasteiger partial charge in [-0.15, -0.1) is 0 Å². The van der Waals surface area contributed by atoms with Crippen LogP contribution in [0.15, 0.2) is 28.8 Å². The van der Waals surface area contributed by atoms with Crippen molar-refractivity contribution in [1.29, 1.82) is 0 Å². The second-order valence-electron chi connectivity index (χ2n) is 4.74. The van der Waals surface area contributed by atoms with Crippen molar-refractivity contribution in [3.8, 4) is 17.2 Å². The molecular formula is C14H18N4O2. The molecule has 0 radical (unpaired) electrons. The van der Waals surface area contributed by atoms with Crippen LogP contribution in [0.3, 0.4) is 0 Å². The van der Waals surface area contributed by atoms with E-state index in [-0.39, 0.29) is 0 Å². The molecule has 6 heteroatoms. The van der Waals surface area contributed by atoms with E-state index in [1.807, 2.05) is 24.3 Å². The molecule has 0 atom stereocenters. The summed E-state index contributed by atoms with van der Waals surface area (Å²) in [5.74, 6) is 1.96. The molecule has 0 saturated carbocycles. The maximum atomic E-state index is 5.35. The van der Waals surface area contributed by atoms with E-state index in [0.29, 0.717) is 11.7 Å². The zero-order valence-electron chi connectivity index (χ0n) is 11.5. The Hall–Kier alpha value is -1.92. The summed E-state index contributed by atoms with van der Waals surface area (Å²) in [5.41, 5.74) is 0.828. The summed E-state index contributed by atoms with van der Waals surface area (Å²) >= 11 is 0. The number of nitrogens with one attached hydrogen (secondary N) is 1. The number of hydrogen-bond acceptors (Lipinski definition) is 6. The lowest BCUT2D eigenvalue weighted by Crippen LogP contribution is -2.43. The number of methoxy groups -OCH3 is 1. The van der Waals surface area contributed by atoms with E-state index in [2.05, 4.69) is 20.4 Å². The molecular weight excluding hydrogens is 256 g/mol. The van der Waals surface area contributed by atoms with Crippen molar-refractivity contribution in [1.82, 2.24) is 20.4 Å². The Labute approximate surface area is 117 Å². The fraction of sp³-hybridized carbons (Fsp3) is 0.429. The van der Waals surface area contributed by atoms with Crippen molar-refractivity contribution >= 4 is 0 Å². The summed E-state index contributed by atoms with van der Waals surface area (Å²) in [6, 6.07) is 7.65. The van der Waals surface area contributed by atoms with Crippen LogP contribution >= 0.6 is 0 Å². The number of piperazine rings is 1. The number of benzene rings is 1. The molecule has 0 bridgehead atoms. The second kappa shape index (κ2) is 6.02. The lowest BCUT2D eigenvalue weighted by atomic mass is 10.2. The molecule has 1 fully saturated rings. The van der Waals surface area contributed by atoms with Gasteiger partial charge in [0.2, 0.25) is 0 Å². The lowest BCUT2D eigenvalue weighted by Gasteiger charge is -2.25. The topological polar surface area (TPSA) is 63.4 Å². The van der Waals surface area contributed by atoms with Crippen LogP contribution in [0, 0.1) is 0 Å². The Balaban J connectivity index is 1.75. The molecule has 1 aromatic carbocycles. The van der Waals surface area contributed by atoms with Gasteiger partial charge in [0, 0.05) is 26.2 Å². The maximum absolute atomic E-state index is 5.35. The fourth-order valence-electron chi connectivity index (χ4n) is 2.32. The molecule has 106 valence electrons. The molecule has 2 aromatic rings. The van der Waals surface area contributed by atoms with E-state index in [9.17, 15) is 0 Å². The van der Waals surface area contributed by atoms with Crippen LogP contribution in [0.1, 0.15) is 5.82 Å². The molecule has 0 unspecified atom stereocenters. The molecule has 1 aliphatic rings. The SMILES string of the molecule is COc1ccccc1-c1nc(CN2CCNCC2)no1. The first-order valence-electron chi connectivity index (χ1n) is 6.76. The highest BCUT2D eigenvalue weighted by Gasteiger charge is 2.16. The lowest BCUT2D eigenvalue weighted by molar-refractivity contribution is 0.225. The van der Waals surface area contributed by atoms with Crippen LogP contribution in [-0.2, 0) is 6.54 Å². The maximum Gasteiger partial charge on any atom is 0.261 e. The second-order valence-corrected chi connectivity index (χ2v) is 4.74. The first-order valence-corrected chi connectivity index (χ1v) is 6.76. The smallest absolute Gasteiger partial charge is 0.261 e. The largest absolute Gasteiger partial charge is 0.496 e. The summed E-state index contributed by atoms with van der Waals surface area (Å²) < 4.78 is 10.7. The normalized spacial score (nSPS) is 16.2. The Morgan fingerprint density at radius 2 is 2.10 bits per heavy atom. The van der Waals surface area contributed by atoms with Crippen LogP contribution < -0.4 is 10.1 Å². The van der Waals surface area contributed by atoms with Gasteiger partial charge in [-0.25, -0.2) is 0 Å². The molecule has 0 aliphatic carbocycles. The number of rotatable bonds is 4. The average molecular weight is 274 g/mol. The summed E-state index contributed by atoms with van der Waals surface area (Å²) in [5, 5.41) is 7.38. The third kappa shape index (κ3) is 2.81. The molecule has 6 nitrogen and oxygen atoms in total. The molecule has 1 aliphatic heterocycles. The zero-order chi connectivity index (χ0) is 13.8. The summed E-state index contributed by atoms with van der Waals surface area (Å²) in [4.78, 5) is 6.78. The van der Waals surface area contributed by atoms with Crippen LogP contribution in [-0.4, -0.2) is 48.3 Å². The van der Waals surface area contributed by atoms with E-state index in [1.165, 1.54) is 0 Å². The number of aromatic nitrogens is 2. The predicted octanol–water partition coefficient (Wildman–Crippen LogP) is 1.15. The highest BCUT2D eigenvalue weighted by Crippen LogP contribution is 2.28. The number of nitrogens with zero attached hydrogens (tertiary/aromatic N) is 3. The van der Waals surface area contributed by atoms with Crippen LogP contribution in [0.4, 0.5) is 0 Å². The molecule has 3 rings (SSSR count). The van der Waals surface area contributed by atoms with Gasteiger partial charge in [-0.2, -0.15) is 4.98 Å². The minimum absolute atomic E-state index is 0.507. The zero-order valence-corrected chi connectivity index (χ0v) is 11.5. The van der Waals surface area contributed by atoms with Gasteiger partial charge in [-0.3, -0.25) is 4.90 Å². The minimum Gasteiger partial charge on any atom is -0.496 e. The minimum atomic E-state index is 0.507. The van der Waals surface area contributed by atoms with Crippen molar-refractivity contribution in [2.75, 3.05) is 33.3 Å². The van der Waals surface area contributed by atoms with E-state index in [1.54, 1.807) is 7.11 Å². The van der Waals surface area contributed by atoms with Crippen molar-refractivity contribution in [3.05, 3.63) is 30.1 Å². The monoisotopic (exact) mass is 274 g/mol. The fourth-order valence-corrected chi connectivity index (χ4v) is 2.32. The Morgan fingerprint density at radius 1 is 1.30 bits per heavy atom. The summed E-state index contributed by atoms with van der Waals surface area (Å²) in [6.07, 6.45) is 0. The molecule has 2 heterocycles. The first-order chi connectivity index (χ1) is 9.86. The van der Waals surface area contributed by atoms with Crippen molar-refractivity contribution in [2.45, 2.75) is 6.54 Å². The van der Waals surface area contributed by atoms with Gasteiger partial charge in [-0.05, 0) is 12.1 Å². The third-order valence-electron chi connectivity index (χ3n) is 3.38. The quantitative estimate of drug-likeness (QED) is 0.902. The van der Waals surface area contributed by atoms with Gasteiger partial charge in [-0.1, -0.05) is 17.3 Å².